The summed E-state index contributed by atoms with van der Waals surface area (Å²) >= 11 is 6.28. The first-order chi connectivity index (χ1) is 14.2. The van der Waals surface area contributed by atoms with Gasteiger partial charge >= 0.3 is 6.01 Å². The molecule has 0 bridgehead atoms. The van der Waals surface area contributed by atoms with Crippen molar-refractivity contribution in [2.45, 2.75) is 25.2 Å². The molecule has 2 aromatic heterocycles. The number of allylic oxidation sites excluding steroid dienone is 3. The van der Waals surface area contributed by atoms with E-state index in [1.165, 1.54) is 6.20 Å². The van der Waals surface area contributed by atoms with Gasteiger partial charge in [-0.15, -0.1) is 0 Å². The molecular weight excluding hydrogens is 394 g/mol. The number of benzene rings is 1. The Morgan fingerprint density at radius 1 is 1.31 bits per heavy atom. The minimum absolute atomic E-state index is 0.0596. The second-order valence-corrected chi connectivity index (χ2v) is 7.15. The van der Waals surface area contributed by atoms with Crippen molar-refractivity contribution >= 4 is 34.5 Å². The molecule has 1 aliphatic carbocycles. The molecule has 1 aromatic carbocycles. The van der Waals surface area contributed by atoms with E-state index < -0.39 is 5.92 Å². The van der Waals surface area contributed by atoms with Crippen LogP contribution >= 0.6 is 11.6 Å². The second-order valence-electron chi connectivity index (χ2n) is 6.75. The number of nitrogens with one attached hydrogen (secondary N) is 2. The molecule has 3 heterocycles. The first kappa shape index (κ1) is 17.5. The number of H-pyrrole nitrogens is 1. The first-order valence-electron chi connectivity index (χ1n) is 9.05. The van der Waals surface area contributed by atoms with Gasteiger partial charge in [-0.2, -0.15) is 15.3 Å². The van der Waals surface area contributed by atoms with Crippen molar-refractivity contribution in [1.29, 1.82) is 5.26 Å². The lowest BCUT2D eigenvalue weighted by Gasteiger charge is -2.31. The number of hydrogen-bond donors (Lipinski definition) is 2. The Hall–Kier alpha value is -3.57. The average Bonchev–Trinajstić information content (AvgIpc) is 3.32. The summed E-state index contributed by atoms with van der Waals surface area (Å²) in [6, 6.07) is 9.66. The highest BCUT2D eigenvalue weighted by atomic mass is 35.5. The van der Waals surface area contributed by atoms with E-state index in [4.69, 9.17) is 20.8 Å². The van der Waals surface area contributed by atoms with Gasteiger partial charge in [0.25, 0.3) is 0 Å². The zero-order valence-corrected chi connectivity index (χ0v) is 15.8. The predicted molar refractivity (Wildman–Crippen MR) is 104 cm³/mol. The van der Waals surface area contributed by atoms with Crippen LogP contribution in [-0.2, 0) is 9.53 Å². The average molecular weight is 408 g/mol. The lowest BCUT2D eigenvalue weighted by molar-refractivity contribution is -0.116. The molecule has 0 amide bonds. The number of para-hydroxylation sites is 2. The normalized spacial score (nSPS) is 19.2. The van der Waals surface area contributed by atoms with E-state index in [9.17, 15) is 10.1 Å². The van der Waals surface area contributed by atoms with Crippen molar-refractivity contribution in [3.8, 4) is 6.07 Å². The van der Waals surface area contributed by atoms with Gasteiger partial charge in [-0.1, -0.05) is 23.7 Å². The fraction of sp³-hybridized carbons (Fsp3) is 0.200. The Bertz CT molecular complexity index is 1210. The third-order valence-electron chi connectivity index (χ3n) is 5.00. The van der Waals surface area contributed by atoms with Crippen molar-refractivity contribution in [1.82, 2.24) is 15.2 Å². The van der Waals surface area contributed by atoms with E-state index in [0.717, 1.165) is 0 Å². The number of halogens is 1. The van der Waals surface area contributed by atoms with Crippen LogP contribution in [0.25, 0.3) is 11.1 Å². The summed E-state index contributed by atoms with van der Waals surface area (Å²) in [5.41, 5.74) is 2.40. The van der Waals surface area contributed by atoms with Gasteiger partial charge < -0.3 is 9.15 Å². The van der Waals surface area contributed by atoms with Gasteiger partial charge in [0.15, 0.2) is 11.4 Å². The molecule has 5 rings (SSSR count). The first-order valence-corrected chi connectivity index (χ1v) is 9.43. The van der Waals surface area contributed by atoms with E-state index in [1.54, 1.807) is 6.07 Å². The minimum Gasteiger partial charge on any atom is -0.444 e. The molecule has 0 fully saturated rings. The molecule has 1 atom stereocenters. The Balaban J connectivity index is 1.63. The maximum atomic E-state index is 12.7. The molecular formula is C20H14ClN5O3. The van der Waals surface area contributed by atoms with Crippen LogP contribution in [0, 0.1) is 11.3 Å². The molecule has 0 saturated carbocycles. The van der Waals surface area contributed by atoms with Gasteiger partial charge in [0.1, 0.15) is 22.9 Å². The Labute approximate surface area is 169 Å². The quantitative estimate of drug-likeness (QED) is 0.668. The number of carbonyl (C=O) groups is 1. The molecule has 2 aliphatic rings. The molecule has 144 valence electrons. The van der Waals surface area contributed by atoms with Crippen molar-refractivity contribution in [2.75, 3.05) is 5.32 Å². The van der Waals surface area contributed by atoms with Crippen LogP contribution in [0.15, 0.2) is 57.7 Å². The highest BCUT2D eigenvalue weighted by Gasteiger charge is 2.40. The number of aromatic amines is 1. The number of nitrogens with zero attached hydrogens (tertiary/aromatic N) is 3. The maximum Gasteiger partial charge on any atom is 0.302 e. The Morgan fingerprint density at radius 3 is 2.93 bits per heavy atom. The molecule has 2 N–H and O–H groups in total. The fourth-order valence-corrected chi connectivity index (χ4v) is 3.92. The minimum atomic E-state index is -0.696. The Kier molecular flexibility index (Phi) is 4.11. The molecule has 9 heteroatoms. The molecule has 8 nitrogen and oxygen atoms in total. The van der Waals surface area contributed by atoms with Crippen molar-refractivity contribution in [2.24, 2.45) is 0 Å². The van der Waals surface area contributed by atoms with Gasteiger partial charge in [0, 0.05) is 18.4 Å². The molecule has 1 aliphatic heterocycles. The molecule has 0 saturated heterocycles. The standard InChI is InChI=1S/C20H14ClN5O3/c21-11-9-23-26-18(11)16-10(8-22)19(28-15-7-3-5-13(27)17(15)16)25-20-24-12-4-1-2-6-14(12)29-20/h1-2,4,6,9,16H,3,5,7H2,(H,23,26)(H,24,25). The lowest BCUT2D eigenvalue weighted by atomic mass is 9.79. The fourth-order valence-electron chi connectivity index (χ4n) is 3.72. The summed E-state index contributed by atoms with van der Waals surface area (Å²) in [6.45, 7) is 0. The maximum absolute atomic E-state index is 12.7. The van der Waals surface area contributed by atoms with Crippen LogP contribution in [0.5, 0.6) is 0 Å². The number of oxazole rings is 1. The van der Waals surface area contributed by atoms with Crippen LogP contribution in [0.4, 0.5) is 6.01 Å². The summed E-state index contributed by atoms with van der Waals surface area (Å²) in [6.07, 6.45) is 3.11. The number of anilines is 1. The second kappa shape index (κ2) is 6.79. The topological polar surface area (TPSA) is 117 Å². The number of nitriles is 1. The van der Waals surface area contributed by atoms with Crippen LogP contribution in [0.1, 0.15) is 30.9 Å². The number of fused-ring (bicyclic) bond motifs is 1. The largest absolute Gasteiger partial charge is 0.444 e. The van der Waals surface area contributed by atoms with Crippen molar-refractivity contribution in [3.63, 3.8) is 0 Å². The monoisotopic (exact) mass is 407 g/mol. The number of aromatic nitrogens is 3. The molecule has 3 aromatic rings. The Morgan fingerprint density at radius 2 is 2.17 bits per heavy atom. The van der Waals surface area contributed by atoms with E-state index >= 15 is 0 Å². The van der Waals surface area contributed by atoms with Gasteiger partial charge in [0.2, 0.25) is 5.88 Å². The number of ketones is 1. The lowest BCUT2D eigenvalue weighted by Crippen LogP contribution is -2.27. The van der Waals surface area contributed by atoms with Gasteiger partial charge in [0.05, 0.1) is 22.8 Å². The number of rotatable bonds is 3. The summed E-state index contributed by atoms with van der Waals surface area (Å²) in [5, 5.41) is 20.0. The number of carbonyl (C=O) groups excluding carboxylic acids is 1. The van der Waals surface area contributed by atoms with Gasteiger partial charge in [-0.25, -0.2) is 0 Å². The summed E-state index contributed by atoms with van der Waals surface area (Å²) in [5.74, 6) is -0.0632. The molecule has 29 heavy (non-hydrogen) atoms. The number of hydrogen-bond acceptors (Lipinski definition) is 7. The third-order valence-corrected chi connectivity index (χ3v) is 5.30. The molecule has 1 unspecified atom stereocenters. The smallest absolute Gasteiger partial charge is 0.302 e. The number of Topliss-reactive ketones (excluding diaryl/α,β-unsaturated/α-hetero) is 1. The van der Waals surface area contributed by atoms with Crippen LogP contribution in [0.2, 0.25) is 5.02 Å². The van der Waals surface area contributed by atoms with Gasteiger partial charge in [-0.3, -0.25) is 15.2 Å². The van der Waals surface area contributed by atoms with E-state index in [2.05, 4.69) is 26.6 Å². The SMILES string of the molecule is N#CC1=C(Nc2nc3ccccc3o2)OC2=C(C(=O)CCC2)C1c1[nH]ncc1Cl. The van der Waals surface area contributed by atoms with Gasteiger partial charge in [-0.05, 0) is 18.6 Å². The summed E-state index contributed by atoms with van der Waals surface area (Å²) in [4.78, 5) is 17.1. The van der Waals surface area contributed by atoms with Crippen molar-refractivity contribution in [3.05, 3.63) is 64.0 Å². The summed E-state index contributed by atoms with van der Waals surface area (Å²) < 4.78 is 11.7. The van der Waals surface area contributed by atoms with E-state index in [-0.39, 0.29) is 23.3 Å². The summed E-state index contributed by atoms with van der Waals surface area (Å²) in [7, 11) is 0. The molecule has 0 radical (unpaired) electrons. The number of ether oxygens (including phenoxy) is 1. The van der Waals surface area contributed by atoms with Crippen LogP contribution in [0.3, 0.4) is 0 Å². The van der Waals surface area contributed by atoms with E-state index in [1.807, 2.05) is 18.2 Å². The van der Waals surface area contributed by atoms with Crippen LogP contribution in [-0.4, -0.2) is 21.0 Å². The molecule has 0 spiro atoms. The third kappa shape index (κ3) is 2.87. The zero-order valence-electron chi connectivity index (χ0n) is 15.0. The van der Waals surface area contributed by atoms with Crippen LogP contribution < -0.4 is 5.32 Å². The predicted octanol–water partition coefficient (Wildman–Crippen LogP) is 4.17. The highest BCUT2D eigenvalue weighted by molar-refractivity contribution is 6.31. The van der Waals surface area contributed by atoms with Crippen molar-refractivity contribution < 1.29 is 13.9 Å². The zero-order chi connectivity index (χ0) is 20.0. The van der Waals surface area contributed by atoms with E-state index in [0.29, 0.717) is 52.4 Å². The highest BCUT2D eigenvalue weighted by Crippen LogP contribution is 2.45.